The molecule has 0 radical (unpaired) electrons. The Morgan fingerprint density at radius 1 is 0.949 bits per heavy atom. The third-order valence-electron chi connectivity index (χ3n) is 12.3. The molecule has 8 rings (SSSR count). The van der Waals surface area contributed by atoms with Crippen LogP contribution in [0.15, 0.2) is 24.5 Å². The van der Waals surface area contributed by atoms with Crippen molar-refractivity contribution in [2.75, 3.05) is 71.0 Å². The Labute approximate surface area is 345 Å². The largest absolute Gasteiger partial charge is 0.474 e. The van der Waals surface area contributed by atoms with E-state index in [-0.39, 0.29) is 36.0 Å². The van der Waals surface area contributed by atoms with Gasteiger partial charge < -0.3 is 30.4 Å². The van der Waals surface area contributed by atoms with Crippen molar-refractivity contribution in [1.82, 2.24) is 30.0 Å². The number of imide groups is 2. The number of rotatable bonds is 17. The molecule has 1 saturated carbocycles. The molecule has 5 heterocycles. The highest BCUT2D eigenvalue weighted by Crippen LogP contribution is 2.48. The summed E-state index contributed by atoms with van der Waals surface area (Å²) in [6.07, 6.45) is 6.77. The first kappa shape index (κ1) is 41.2. The Morgan fingerprint density at radius 3 is 2.49 bits per heavy atom. The van der Waals surface area contributed by atoms with Gasteiger partial charge in [-0.25, -0.2) is 9.97 Å². The predicted octanol–water partition coefficient (Wildman–Crippen LogP) is 1.81. The fourth-order valence-electron chi connectivity index (χ4n) is 9.23. The molecule has 1 unspecified atom stereocenters. The number of amides is 5. The molecule has 2 aliphatic carbocycles. The molecule has 3 aromatic rings. The Hall–Kier alpha value is -4.59. The zero-order valence-corrected chi connectivity index (χ0v) is 33.9. The van der Waals surface area contributed by atoms with Gasteiger partial charge in [0.2, 0.25) is 23.6 Å². The van der Waals surface area contributed by atoms with Gasteiger partial charge in [0.25, 0.3) is 11.8 Å². The summed E-state index contributed by atoms with van der Waals surface area (Å²) >= 11 is 1.65. The molecule has 5 N–H and O–H groups in total. The lowest BCUT2D eigenvalue weighted by Gasteiger charge is -2.41. The highest BCUT2D eigenvalue weighted by atomic mass is 32.1. The molecule has 0 spiro atoms. The summed E-state index contributed by atoms with van der Waals surface area (Å²) in [5.74, 6) is -2.18. The van der Waals surface area contributed by atoms with E-state index in [2.05, 4.69) is 30.4 Å². The normalized spacial score (nSPS) is 24.3. The van der Waals surface area contributed by atoms with Crippen molar-refractivity contribution in [3.8, 4) is 5.88 Å². The fraction of sp³-hybridized carbons (Fsp3) is 0.585. The van der Waals surface area contributed by atoms with E-state index in [1.807, 2.05) is 0 Å². The maximum atomic E-state index is 13.3. The Kier molecular flexibility index (Phi) is 12.8. The second-order valence-corrected chi connectivity index (χ2v) is 17.0. The standard InChI is InChI=1S/C41H52N8O9S/c42-36(52)30(50)22-24-4-10-31-33(24)35-38(44-23-45-39(35)59-31)58-26-7-5-25(6-8-26)48-15-13-47(14-16-48)17-19-57-21-20-56-18-12-43-28-3-1-2-27-34(28)41(55)49(40(27)54)29-9-11-32(51)46-37(29)53/h1-3,23-26,29-30,43,50H,4-22H2,(H2,42,52)(H,46,51,53)/t24-,25-,26-,29?,30-/m1/s1. The van der Waals surface area contributed by atoms with E-state index in [9.17, 15) is 29.1 Å². The summed E-state index contributed by atoms with van der Waals surface area (Å²) in [4.78, 5) is 79.1. The van der Waals surface area contributed by atoms with Gasteiger partial charge in [-0.3, -0.25) is 44.0 Å². The number of carbonyl (C=O) groups is 5. The molecule has 0 bridgehead atoms. The maximum Gasteiger partial charge on any atom is 0.264 e. The van der Waals surface area contributed by atoms with E-state index >= 15 is 0 Å². The lowest BCUT2D eigenvalue weighted by Crippen LogP contribution is -2.54. The average Bonchev–Trinajstić information content (AvgIpc) is 3.88. The molecule has 2 saturated heterocycles. The summed E-state index contributed by atoms with van der Waals surface area (Å²) in [6.45, 7) is 7.20. The number of hydrogen-bond acceptors (Lipinski definition) is 15. The number of hydrogen-bond donors (Lipinski definition) is 4. The van der Waals surface area contributed by atoms with E-state index in [0.717, 1.165) is 91.9 Å². The molecule has 3 atom stereocenters. The first-order chi connectivity index (χ1) is 28.7. The summed E-state index contributed by atoms with van der Waals surface area (Å²) in [7, 11) is 0. The van der Waals surface area contributed by atoms with Crippen molar-refractivity contribution >= 4 is 56.8 Å². The maximum absolute atomic E-state index is 13.3. The van der Waals surface area contributed by atoms with E-state index in [1.165, 1.54) is 4.88 Å². The van der Waals surface area contributed by atoms with Crippen LogP contribution in [0.3, 0.4) is 0 Å². The van der Waals surface area contributed by atoms with Crippen LogP contribution in [-0.4, -0.2) is 149 Å². The van der Waals surface area contributed by atoms with Gasteiger partial charge in [-0.15, -0.1) is 11.3 Å². The van der Waals surface area contributed by atoms with E-state index in [1.54, 1.807) is 35.9 Å². The van der Waals surface area contributed by atoms with Gasteiger partial charge >= 0.3 is 0 Å². The number of thiophene rings is 1. The Bertz CT molecular complexity index is 2060. The molecular weight excluding hydrogens is 781 g/mol. The van der Waals surface area contributed by atoms with Crippen LogP contribution in [0, 0.1) is 0 Å². The minimum absolute atomic E-state index is 0.0304. The molecular formula is C41H52N8O9S. The van der Waals surface area contributed by atoms with Crippen LogP contribution in [0.1, 0.15) is 88.4 Å². The van der Waals surface area contributed by atoms with E-state index < -0.39 is 41.7 Å². The topological polar surface area (TPSA) is 219 Å². The van der Waals surface area contributed by atoms with Crippen molar-refractivity contribution in [3.63, 3.8) is 0 Å². The number of piperazine rings is 1. The van der Waals surface area contributed by atoms with Crippen molar-refractivity contribution in [2.24, 2.45) is 5.73 Å². The minimum atomic E-state index is -1.17. The lowest BCUT2D eigenvalue weighted by molar-refractivity contribution is -0.136. The van der Waals surface area contributed by atoms with Gasteiger partial charge in [0.15, 0.2) is 0 Å². The highest BCUT2D eigenvalue weighted by Gasteiger charge is 2.45. The summed E-state index contributed by atoms with van der Waals surface area (Å²) < 4.78 is 18.2. The summed E-state index contributed by atoms with van der Waals surface area (Å²) in [5.41, 5.74) is 7.44. The predicted molar refractivity (Wildman–Crippen MR) is 216 cm³/mol. The number of nitrogens with two attached hydrogens (primary N) is 1. The lowest BCUT2D eigenvalue weighted by atomic mass is 9.91. The number of fused-ring (bicyclic) bond motifs is 4. The Balaban J connectivity index is 0.697. The van der Waals surface area contributed by atoms with Gasteiger partial charge in [-0.1, -0.05) is 6.07 Å². The van der Waals surface area contributed by atoms with Crippen LogP contribution in [0.4, 0.5) is 5.69 Å². The number of aryl methyl sites for hydroxylation is 1. The number of benzene rings is 1. The zero-order chi connectivity index (χ0) is 41.0. The highest BCUT2D eigenvalue weighted by molar-refractivity contribution is 7.19. The van der Waals surface area contributed by atoms with Gasteiger partial charge in [0.05, 0.1) is 42.9 Å². The fourth-order valence-corrected chi connectivity index (χ4v) is 10.5. The van der Waals surface area contributed by atoms with Crippen LogP contribution >= 0.6 is 11.3 Å². The van der Waals surface area contributed by atoms with E-state index in [4.69, 9.17) is 19.9 Å². The molecule has 5 amide bonds. The Morgan fingerprint density at radius 2 is 1.73 bits per heavy atom. The van der Waals surface area contributed by atoms with E-state index in [0.29, 0.717) is 57.0 Å². The molecule has 2 aromatic heterocycles. The van der Waals surface area contributed by atoms with Crippen molar-refractivity contribution in [1.29, 1.82) is 0 Å². The molecule has 3 aliphatic heterocycles. The van der Waals surface area contributed by atoms with Crippen molar-refractivity contribution in [2.45, 2.75) is 88.0 Å². The first-order valence-electron chi connectivity index (χ1n) is 20.8. The number of primary amides is 1. The molecule has 59 heavy (non-hydrogen) atoms. The van der Waals surface area contributed by atoms with Crippen LogP contribution < -0.4 is 21.1 Å². The number of carbonyl (C=O) groups excluding carboxylic acids is 5. The van der Waals surface area contributed by atoms with Gasteiger partial charge in [-0.2, -0.15) is 0 Å². The molecule has 316 valence electrons. The third kappa shape index (κ3) is 8.98. The average molecular weight is 833 g/mol. The number of piperidine rings is 1. The number of nitrogens with one attached hydrogen (secondary N) is 2. The number of ether oxygens (including phenoxy) is 3. The van der Waals surface area contributed by atoms with Crippen LogP contribution in [0.25, 0.3) is 10.2 Å². The van der Waals surface area contributed by atoms with Crippen LogP contribution in [0.2, 0.25) is 0 Å². The SMILES string of the molecule is NC(=O)[C@H](O)C[C@H]1CCc2sc3ncnc(O[C@H]4CC[C@H](N5CCN(CCOCCOCCNc6cccc7c6C(=O)N(C6CCC(=O)NC6=O)C7=O)CC5)CC4)c3c21. The van der Waals surface area contributed by atoms with Crippen molar-refractivity contribution < 1.29 is 43.3 Å². The number of aliphatic hydroxyl groups is 1. The number of aliphatic hydroxyl groups excluding tert-OH is 1. The van der Waals surface area contributed by atoms with Gasteiger partial charge in [-0.05, 0) is 75.0 Å². The van der Waals surface area contributed by atoms with Gasteiger partial charge in [0.1, 0.15) is 29.4 Å². The number of anilines is 1. The smallest absolute Gasteiger partial charge is 0.264 e. The minimum Gasteiger partial charge on any atom is -0.474 e. The molecule has 18 heteroatoms. The second kappa shape index (κ2) is 18.4. The first-order valence-corrected chi connectivity index (χ1v) is 21.6. The van der Waals surface area contributed by atoms with Crippen LogP contribution in [0.5, 0.6) is 5.88 Å². The molecule has 17 nitrogen and oxygen atoms in total. The van der Waals surface area contributed by atoms with Gasteiger partial charge in [0, 0.05) is 62.3 Å². The summed E-state index contributed by atoms with van der Waals surface area (Å²) in [5, 5.41) is 16.5. The summed E-state index contributed by atoms with van der Waals surface area (Å²) in [6, 6.07) is 4.50. The van der Waals surface area contributed by atoms with Crippen molar-refractivity contribution in [3.05, 3.63) is 46.1 Å². The molecule has 5 aliphatic rings. The second-order valence-electron chi connectivity index (χ2n) is 15.9. The zero-order valence-electron chi connectivity index (χ0n) is 33.1. The van der Waals surface area contributed by atoms with Crippen LogP contribution in [-0.2, 0) is 30.3 Å². The monoisotopic (exact) mass is 832 g/mol. The third-order valence-corrected chi connectivity index (χ3v) is 13.5. The quantitative estimate of drug-likeness (QED) is 0.113. The number of aromatic nitrogens is 2. The number of nitrogens with zero attached hydrogens (tertiary/aromatic N) is 5. The molecule has 1 aromatic carbocycles. The molecule has 3 fully saturated rings.